The van der Waals surface area contributed by atoms with Gasteiger partial charge in [0.25, 0.3) is 0 Å². The molecule has 0 saturated heterocycles. The number of benzene rings is 4. The van der Waals surface area contributed by atoms with Crippen LogP contribution in [0.4, 0.5) is 30.2 Å². The molecule has 0 aromatic heterocycles. The van der Waals surface area contributed by atoms with Gasteiger partial charge in [-0.15, -0.1) is 0 Å². The van der Waals surface area contributed by atoms with Crippen LogP contribution in [0.25, 0.3) is 0 Å². The standard InChI is InChI=1S/C34H32F3N3O3/c35-25-12-21(38)1-4-28(25)41-31-16-33(43-30-6-3-23(40)14-27(30)37)32(42-29-5-2-22(39)13-26(29)36)15-24(31)34-19-8-17-7-18(10-19)11-20(34)9-17/h1-6,12-20,34H,7-11,38-40H2. The van der Waals surface area contributed by atoms with E-state index >= 15 is 4.39 Å². The summed E-state index contributed by atoms with van der Waals surface area (Å²) in [5.74, 6) is 0.803. The number of ether oxygens (including phenoxy) is 3. The predicted molar refractivity (Wildman–Crippen MR) is 159 cm³/mol. The molecule has 8 rings (SSSR count). The molecular weight excluding hydrogens is 555 g/mol. The molecular formula is C34H32F3N3O3. The third-order valence-electron chi connectivity index (χ3n) is 9.19. The minimum absolute atomic E-state index is 0.0119. The highest BCUT2D eigenvalue weighted by atomic mass is 19.1. The Hall–Kier alpha value is -4.53. The zero-order valence-electron chi connectivity index (χ0n) is 23.4. The number of hydrogen-bond acceptors (Lipinski definition) is 6. The highest BCUT2D eigenvalue weighted by Crippen LogP contribution is 2.62. The molecule has 0 atom stereocenters. The molecule has 4 aromatic carbocycles. The van der Waals surface area contributed by atoms with Crippen molar-refractivity contribution in [2.24, 2.45) is 23.7 Å². The summed E-state index contributed by atoms with van der Waals surface area (Å²) >= 11 is 0. The number of rotatable bonds is 7. The first-order valence-electron chi connectivity index (χ1n) is 14.6. The van der Waals surface area contributed by atoms with Gasteiger partial charge in [0.15, 0.2) is 46.2 Å². The molecule has 6 nitrogen and oxygen atoms in total. The van der Waals surface area contributed by atoms with Crippen molar-refractivity contribution in [2.45, 2.75) is 38.0 Å². The first kappa shape index (κ1) is 27.3. The molecule has 0 heterocycles. The lowest BCUT2D eigenvalue weighted by molar-refractivity contribution is -0.00343. The first-order chi connectivity index (χ1) is 20.7. The molecule has 4 fully saturated rings. The Morgan fingerprint density at radius 1 is 0.465 bits per heavy atom. The van der Waals surface area contributed by atoms with Crippen LogP contribution in [0.5, 0.6) is 34.5 Å². The maximum Gasteiger partial charge on any atom is 0.173 e. The van der Waals surface area contributed by atoms with E-state index in [4.69, 9.17) is 31.4 Å². The highest BCUT2D eigenvalue weighted by molar-refractivity contribution is 5.58. The summed E-state index contributed by atoms with van der Waals surface area (Å²) in [5, 5.41) is 0. The van der Waals surface area contributed by atoms with Crippen LogP contribution in [0.2, 0.25) is 0 Å². The number of hydrogen-bond donors (Lipinski definition) is 3. The van der Waals surface area contributed by atoms with Crippen LogP contribution in [0.15, 0.2) is 66.7 Å². The normalized spacial score (nSPS) is 23.7. The molecule has 4 aliphatic rings. The summed E-state index contributed by atoms with van der Waals surface area (Å²) in [4.78, 5) is 0. The summed E-state index contributed by atoms with van der Waals surface area (Å²) in [6, 6.07) is 15.7. The number of anilines is 3. The fraction of sp³-hybridized carbons (Fsp3) is 0.294. The summed E-state index contributed by atoms with van der Waals surface area (Å²) in [6.07, 6.45) is 5.75. The van der Waals surface area contributed by atoms with Crippen molar-refractivity contribution in [3.63, 3.8) is 0 Å². The van der Waals surface area contributed by atoms with Gasteiger partial charge in [0, 0.05) is 46.9 Å². The van der Waals surface area contributed by atoms with Crippen molar-refractivity contribution in [3.8, 4) is 34.5 Å². The fourth-order valence-electron chi connectivity index (χ4n) is 7.65. The largest absolute Gasteiger partial charge is 0.454 e. The quantitative estimate of drug-likeness (QED) is 0.187. The third-order valence-corrected chi connectivity index (χ3v) is 9.19. The van der Waals surface area contributed by atoms with Gasteiger partial charge in [0.1, 0.15) is 5.75 Å². The van der Waals surface area contributed by atoms with Crippen molar-refractivity contribution < 1.29 is 27.4 Å². The van der Waals surface area contributed by atoms with E-state index in [0.29, 0.717) is 29.4 Å². The van der Waals surface area contributed by atoms with Crippen LogP contribution >= 0.6 is 0 Å². The van der Waals surface area contributed by atoms with Gasteiger partial charge in [-0.05, 0) is 104 Å². The fourth-order valence-corrected chi connectivity index (χ4v) is 7.65. The lowest BCUT2D eigenvalue weighted by atomic mass is 9.50. The second-order valence-electron chi connectivity index (χ2n) is 12.2. The molecule has 4 aliphatic carbocycles. The van der Waals surface area contributed by atoms with E-state index in [0.717, 1.165) is 43.4 Å². The maximum atomic E-state index is 15.0. The zero-order valence-corrected chi connectivity index (χ0v) is 23.4. The molecule has 0 radical (unpaired) electrons. The van der Waals surface area contributed by atoms with Crippen molar-refractivity contribution in [1.82, 2.24) is 0 Å². The van der Waals surface area contributed by atoms with Gasteiger partial charge < -0.3 is 31.4 Å². The lowest BCUT2D eigenvalue weighted by Crippen LogP contribution is -2.43. The van der Waals surface area contributed by atoms with Gasteiger partial charge in [-0.1, -0.05) is 0 Å². The summed E-state index contributed by atoms with van der Waals surface area (Å²) in [7, 11) is 0. The van der Waals surface area contributed by atoms with Crippen LogP contribution in [0, 0.1) is 41.1 Å². The Kier molecular flexibility index (Phi) is 6.75. The van der Waals surface area contributed by atoms with Gasteiger partial charge in [-0.3, -0.25) is 0 Å². The summed E-state index contributed by atoms with van der Waals surface area (Å²) < 4.78 is 63.2. The van der Waals surface area contributed by atoms with E-state index in [-0.39, 0.29) is 51.7 Å². The summed E-state index contributed by atoms with van der Waals surface area (Å²) in [5.41, 5.74) is 18.8. The van der Waals surface area contributed by atoms with Gasteiger partial charge in [0.2, 0.25) is 0 Å². The number of nitrogens with two attached hydrogens (primary N) is 3. The molecule has 4 aromatic rings. The Morgan fingerprint density at radius 2 is 0.860 bits per heavy atom. The first-order valence-corrected chi connectivity index (χ1v) is 14.6. The lowest BCUT2D eigenvalue weighted by Gasteiger charge is -2.54. The smallest absolute Gasteiger partial charge is 0.173 e. The van der Waals surface area contributed by atoms with E-state index < -0.39 is 17.5 Å². The highest BCUT2D eigenvalue weighted by Gasteiger charge is 2.49. The molecule has 0 amide bonds. The maximum absolute atomic E-state index is 15.0. The molecule has 9 heteroatoms. The Morgan fingerprint density at radius 3 is 1.28 bits per heavy atom. The SMILES string of the molecule is Nc1ccc(Oc2cc(Oc3ccc(N)cc3F)c(C3C4CC5CC(C4)CC3C5)cc2Oc2ccc(N)cc2F)c(F)c1. The average Bonchev–Trinajstić information content (AvgIpc) is 2.94. The van der Waals surface area contributed by atoms with Crippen molar-refractivity contribution in [1.29, 1.82) is 0 Å². The van der Waals surface area contributed by atoms with Crippen LogP contribution in [0.3, 0.4) is 0 Å². The van der Waals surface area contributed by atoms with Crippen LogP contribution in [-0.2, 0) is 0 Å². The second kappa shape index (κ2) is 10.6. The second-order valence-corrected chi connectivity index (χ2v) is 12.2. The van der Waals surface area contributed by atoms with Gasteiger partial charge in [0.05, 0.1) is 0 Å². The molecule has 0 aliphatic heterocycles. The topological polar surface area (TPSA) is 106 Å². The summed E-state index contributed by atoms with van der Waals surface area (Å²) in [6.45, 7) is 0. The Bertz CT molecular complexity index is 1680. The van der Waals surface area contributed by atoms with Gasteiger partial charge >= 0.3 is 0 Å². The van der Waals surface area contributed by atoms with E-state index in [1.807, 2.05) is 0 Å². The third kappa shape index (κ3) is 5.28. The van der Waals surface area contributed by atoms with Crippen LogP contribution < -0.4 is 31.4 Å². The van der Waals surface area contributed by atoms with Crippen molar-refractivity contribution in [2.75, 3.05) is 17.2 Å². The minimum Gasteiger partial charge on any atom is -0.454 e. The molecule has 0 spiro atoms. The Labute approximate surface area is 247 Å². The number of halogens is 3. The van der Waals surface area contributed by atoms with E-state index in [1.165, 1.54) is 42.8 Å². The van der Waals surface area contributed by atoms with Crippen LogP contribution in [-0.4, -0.2) is 0 Å². The van der Waals surface area contributed by atoms with E-state index in [9.17, 15) is 8.78 Å². The monoisotopic (exact) mass is 587 g/mol. The Balaban J connectivity index is 1.38. The van der Waals surface area contributed by atoms with Gasteiger partial charge in [-0.25, -0.2) is 13.2 Å². The van der Waals surface area contributed by atoms with E-state index in [2.05, 4.69) is 0 Å². The molecule has 222 valence electrons. The average molecular weight is 588 g/mol. The molecule has 43 heavy (non-hydrogen) atoms. The van der Waals surface area contributed by atoms with Crippen LogP contribution in [0.1, 0.15) is 43.6 Å². The molecule has 6 N–H and O–H groups in total. The zero-order chi connectivity index (χ0) is 29.8. The van der Waals surface area contributed by atoms with Crippen molar-refractivity contribution in [3.05, 3.63) is 89.7 Å². The molecule has 4 saturated carbocycles. The van der Waals surface area contributed by atoms with Gasteiger partial charge in [-0.2, -0.15) is 0 Å². The minimum atomic E-state index is -0.693. The molecule has 0 unspecified atom stereocenters. The molecule has 4 bridgehead atoms. The number of nitrogen functional groups attached to an aromatic ring is 3. The van der Waals surface area contributed by atoms with Crippen molar-refractivity contribution >= 4 is 17.1 Å². The predicted octanol–water partition coefficient (Wildman–Crippen LogP) is 8.77. The van der Waals surface area contributed by atoms with E-state index in [1.54, 1.807) is 18.2 Å².